The molecule has 1 unspecified atom stereocenters. The number of ether oxygens (including phenoxy) is 1. The van der Waals surface area contributed by atoms with E-state index < -0.39 is 5.60 Å². The van der Waals surface area contributed by atoms with Crippen molar-refractivity contribution in [3.05, 3.63) is 76.5 Å². The number of fused-ring (bicyclic) bond motifs is 4. The van der Waals surface area contributed by atoms with E-state index in [2.05, 4.69) is 48.5 Å². The molecule has 1 atom stereocenters. The number of ketones is 1. The van der Waals surface area contributed by atoms with Gasteiger partial charge in [-0.1, -0.05) is 48.5 Å². The Morgan fingerprint density at radius 2 is 1.50 bits per heavy atom. The van der Waals surface area contributed by atoms with Gasteiger partial charge in [0.2, 0.25) is 0 Å². The highest BCUT2D eigenvalue weighted by Crippen LogP contribution is 2.48. The first-order valence-corrected chi connectivity index (χ1v) is 9.89. The number of benzene rings is 2. The molecule has 1 spiro atoms. The Morgan fingerprint density at radius 3 is 2.42 bits per heavy atom. The minimum atomic E-state index is -0.759. The lowest BCUT2D eigenvalue weighted by atomic mass is 9.78. The zero-order chi connectivity index (χ0) is 17.6. The molecule has 132 valence electrons. The Labute approximate surface area is 154 Å². The fraction of sp³-hybridized carbons (Fsp3) is 0.375. The van der Waals surface area contributed by atoms with Crippen LogP contribution in [0.25, 0.3) is 5.57 Å². The molecule has 0 radical (unpaired) electrons. The van der Waals surface area contributed by atoms with Crippen molar-refractivity contribution in [3.63, 3.8) is 0 Å². The molecule has 1 heterocycles. The predicted molar refractivity (Wildman–Crippen MR) is 103 cm³/mol. The summed E-state index contributed by atoms with van der Waals surface area (Å²) in [5.41, 5.74) is 5.74. The van der Waals surface area contributed by atoms with Gasteiger partial charge in [0.1, 0.15) is 5.76 Å². The minimum Gasteiger partial charge on any atom is -0.479 e. The summed E-state index contributed by atoms with van der Waals surface area (Å²) in [7, 11) is 0. The van der Waals surface area contributed by atoms with Crippen LogP contribution in [0.3, 0.4) is 0 Å². The van der Waals surface area contributed by atoms with Crippen LogP contribution in [0.4, 0.5) is 0 Å². The first-order chi connectivity index (χ1) is 12.8. The first kappa shape index (κ1) is 15.9. The van der Waals surface area contributed by atoms with E-state index in [9.17, 15) is 4.79 Å². The highest BCUT2D eigenvalue weighted by atomic mass is 16.5. The number of hydrogen-bond donors (Lipinski definition) is 0. The van der Waals surface area contributed by atoms with Gasteiger partial charge in [-0.2, -0.15) is 0 Å². The average Bonchev–Trinajstić information content (AvgIpc) is 2.93. The van der Waals surface area contributed by atoms with Crippen LogP contribution in [-0.4, -0.2) is 5.78 Å². The van der Waals surface area contributed by atoms with Crippen LogP contribution < -0.4 is 0 Å². The van der Waals surface area contributed by atoms with Gasteiger partial charge in [-0.3, -0.25) is 4.79 Å². The van der Waals surface area contributed by atoms with Crippen LogP contribution in [0.5, 0.6) is 0 Å². The summed E-state index contributed by atoms with van der Waals surface area (Å²) in [6, 6.07) is 17.1. The van der Waals surface area contributed by atoms with Crippen LogP contribution in [0.1, 0.15) is 60.8 Å². The Morgan fingerprint density at radius 1 is 0.769 bits per heavy atom. The van der Waals surface area contributed by atoms with Crippen molar-refractivity contribution in [3.8, 4) is 0 Å². The molecular weight excluding hydrogens is 320 g/mol. The van der Waals surface area contributed by atoms with E-state index in [0.717, 1.165) is 56.3 Å². The van der Waals surface area contributed by atoms with Gasteiger partial charge >= 0.3 is 0 Å². The molecule has 0 amide bonds. The fourth-order valence-corrected chi connectivity index (χ4v) is 5.03. The Bertz CT molecular complexity index is 908. The molecule has 2 nitrogen and oxygen atoms in total. The lowest BCUT2D eigenvalue weighted by molar-refractivity contribution is -0.143. The summed E-state index contributed by atoms with van der Waals surface area (Å²) in [5.74, 6) is 1.33. The maximum absolute atomic E-state index is 13.2. The first-order valence-electron chi connectivity index (χ1n) is 9.89. The van der Waals surface area contributed by atoms with Gasteiger partial charge in [0.05, 0.1) is 0 Å². The van der Waals surface area contributed by atoms with Crippen molar-refractivity contribution in [1.82, 2.24) is 0 Å². The van der Waals surface area contributed by atoms with Crippen LogP contribution in [-0.2, 0) is 28.0 Å². The fourth-order valence-electron chi connectivity index (χ4n) is 5.03. The zero-order valence-corrected chi connectivity index (χ0v) is 15.1. The second kappa shape index (κ2) is 6.12. The molecule has 0 bridgehead atoms. The number of hydrogen-bond acceptors (Lipinski definition) is 2. The van der Waals surface area contributed by atoms with E-state index in [-0.39, 0.29) is 5.78 Å². The summed E-state index contributed by atoms with van der Waals surface area (Å²) in [5, 5.41) is 0. The molecule has 0 aromatic heterocycles. The third-order valence-electron chi connectivity index (χ3n) is 6.31. The third kappa shape index (κ3) is 2.35. The Hall–Kier alpha value is -2.35. The van der Waals surface area contributed by atoms with Crippen molar-refractivity contribution < 1.29 is 9.53 Å². The van der Waals surface area contributed by atoms with Crippen LogP contribution >= 0.6 is 0 Å². The quantitative estimate of drug-likeness (QED) is 0.644. The molecule has 2 aromatic rings. The van der Waals surface area contributed by atoms with E-state index in [1.807, 2.05) is 0 Å². The average molecular weight is 344 g/mol. The predicted octanol–water partition coefficient (Wildman–Crippen LogP) is 5.35. The lowest BCUT2D eigenvalue weighted by Gasteiger charge is -2.39. The number of aryl methyl sites for hydroxylation is 2. The van der Waals surface area contributed by atoms with Crippen LogP contribution in [0, 0.1) is 0 Å². The Balaban J connectivity index is 1.64. The van der Waals surface area contributed by atoms with E-state index >= 15 is 0 Å². The standard InChI is InChI=1S/C24H24O2/c25-23-14-6-10-18-8-2-4-12-21(18)24(23)16-15-20-19-11-3-1-7-17(19)9-5-13-22(20)26-24/h1-4,7-8,11-12H,5-6,9-10,13-16H2. The molecule has 2 heteroatoms. The van der Waals surface area contributed by atoms with Crippen molar-refractivity contribution in [2.45, 2.75) is 57.0 Å². The van der Waals surface area contributed by atoms with Crippen molar-refractivity contribution >= 4 is 11.4 Å². The number of allylic oxidation sites excluding steroid dienone is 2. The normalized spacial score (nSPS) is 24.8. The summed E-state index contributed by atoms with van der Waals surface area (Å²) in [6.45, 7) is 0. The summed E-state index contributed by atoms with van der Waals surface area (Å²) < 4.78 is 6.70. The van der Waals surface area contributed by atoms with Crippen molar-refractivity contribution in [2.75, 3.05) is 0 Å². The van der Waals surface area contributed by atoms with Gasteiger partial charge in [-0.15, -0.1) is 0 Å². The van der Waals surface area contributed by atoms with E-state index in [1.165, 1.54) is 22.3 Å². The second-order valence-electron chi connectivity index (χ2n) is 7.78. The largest absolute Gasteiger partial charge is 0.479 e. The van der Waals surface area contributed by atoms with Gasteiger partial charge < -0.3 is 4.74 Å². The molecule has 0 fully saturated rings. The minimum absolute atomic E-state index is 0.270. The van der Waals surface area contributed by atoms with Gasteiger partial charge in [-0.05, 0) is 54.4 Å². The third-order valence-corrected chi connectivity index (χ3v) is 6.31. The van der Waals surface area contributed by atoms with E-state index in [1.54, 1.807) is 0 Å². The molecule has 0 saturated heterocycles. The molecule has 5 rings (SSSR count). The van der Waals surface area contributed by atoms with Crippen LogP contribution in [0.15, 0.2) is 54.3 Å². The van der Waals surface area contributed by atoms with Crippen LogP contribution in [0.2, 0.25) is 0 Å². The molecular formula is C24H24O2. The molecule has 0 saturated carbocycles. The molecule has 3 aliphatic rings. The highest BCUT2D eigenvalue weighted by molar-refractivity contribution is 5.91. The maximum atomic E-state index is 13.2. The SMILES string of the molecule is O=C1CCCc2ccccc2C12CCC1=C(CCCc3ccccc31)O2. The summed E-state index contributed by atoms with van der Waals surface area (Å²) >= 11 is 0. The molecule has 0 N–H and O–H groups in total. The summed E-state index contributed by atoms with van der Waals surface area (Å²) in [6.07, 6.45) is 7.31. The molecule has 1 aliphatic heterocycles. The van der Waals surface area contributed by atoms with Gasteiger partial charge in [-0.25, -0.2) is 0 Å². The number of carbonyl (C=O) groups excluding carboxylic acids is 1. The van der Waals surface area contributed by atoms with E-state index in [4.69, 9.17) is 4.74 Å². The molecule has 26 heavy (non-hydrogen) atoms. The smallest absolute Gasteiger partial charge is 0.192 e. The number of carbonyl (C=O) groups is 1. The Kier molecular flexibility index (Phi) is 3.74. The van der Waals surface area contributed by atoms with Gasteiger partial charge in [0, 0.05) is 24.8 Å². The van der Waals surface area contributed by atoms with Gasteiger partial charge in [0.15, 0.2) is 11.4 Å². The van der Waals surface area contributed by atoms with Crippen molar-refractivity contribution in [1.29, 1.82) is 0 Å². The highest BCUT2D eigenvalue weighted by Gasteiger charge is 2.47. The topological polar surface area (TPSA) is 26.3 Å². The molecule has 2 aromatic carbocycles. The summed E-state index contributed by atoms with van der Waals surface area (Å²) in [4.78, 5) is 13.2. The molecule has 2 aliphatic carbocycles. The zero-order valence-electron chi connectivity index (χ0n) is 15.1. The maximum Gasteiger partial charge on any atom is 0.192 e. The van der Waals surface area contributed by atoms with E-state index in [0.29, 0.717) is 6.42 Å². The number of rotatable bonds is 0. The second-order valence-corrected chi connectivity index (χ2v) is 7.78. The van der Waals surface area contributed by atoms with Crippen molar-refractivity contribution in [2.24, 2.45) is 0 Å². The van der Waals surface area contributed by atoms with Gasteiger partial charge in [0.25, 0.3) is 0 Å². The monoisotopic (exact) mass is 344 g/mol. The lowest BCUT2D eigenvalue weighted by Crippen LogP contribution is -2.40. The number of Topliss-reactive ketones (excluding diaryl/α,β-unsaturated/α-hetero) is 1.